The molecular formula is C6H4F3IO2S. The molecule has 0 unspecified atom stereocenters. The molecule has 0 radical (unpaired) electrons. The van der Waals surface area contributed by atoms with E-state index in [4.69, 9.17) is 9.90 Å². The molecule has 1 heterocycles. The first-order chi connectivity index (χ1) is 5.84. The van der Waals surface area contributed by atoms with Gasteiger partial charge in [0.15, 0.2) is 0 Å². The molecule has 74 valence electrons. The minimum atomic E-state index is -5.08. The van der Waals surface area contributed by atoms with E-state index in [1.807, 2.05) is 6.07 Å². The van der Waals surface area contributed by atoms with Crippen molar-refractivity contribution in [1.29, 1.82) is 0 Å². The maximum Gasteiger partial charge on any atom is 0.490 e. The van der Waals surface area contributed by atoms with Gasteiger partial charge in [-0.3, -0.25) is 0 Å². The quantitative estimate of drug-likeness (QED) is 0.745. The monoisotopic (exact) mass is 324 g/mol. The first-order valence-electron chi connectivity index (χ1n) is 2.83. The van der Waals surface area contributed by atoms with Gasteiger partial charge in [0.1, 0.15) is 0 Å². The largest absolute Gasteiger partial charge is 0.490 e. The fraction of sp³-hybridized carbons (Fsp3) is 0.167. The van der Waals surface area contributed by atoms with Gasteiger partial charge in [-0.05, 0) is 34.0 Å². The van der Waals surface area contributed by atoms with Gasteiger partial charge in [-0.15, -0.1) is 11.3 Å². The lowest BCUT2D eigenvalue weighted by atomic mass is 10.7. The smallest absolute Gasteiger partial charge is 0.475 e. The Morgan fingerprint density at radius 2 is 2.00 bits per heavy atom. The standard InChI is InChI=1S/C4H3IS.C2HF3O2/c5-4-2-1-3-6-4;3-2(4,5)1(6)7/h1-3H;(H,6,7). The van der Waals surface area contributed by atoms with E-state index in [9.17, 15) is 13.2 Å². The minimum absolute atomic E-state index is 1.35. The summed E-state index contributed by atoms with van der Waals surface area (Å²) in [5.41, 5.74) is 0. The second-order valence-electron chi connectivity index (χ2n) is 1.72. The van der Waals surface area contributed by atoms with Crippen molar-refractivity contribution in [1.82, 2.24) is 0 Å². The molecule has 0 saturated heterocycles. The van der Waals surface area contributed by atoms with E-state index in [1.54, 1.807) is 11.3 Å². The topological polar surface area (TPSA) is 37.3 Å². The van der Waals surface area contributed by atoms with E-state index < -0.39 is 12.1 Å². The van der Waals surface area contributed by atoms with Crippen LogP contribution < -0.4 is 0 Å². The van der Waals surface area contributed by atoms with Crippen molar-refractivity contribution in [2.75, 3.05) is 0 Å². The van der Waals surface area contributed by atoms with Crippen molar-refractivity contribution < 1.29 is 23.1 Å². The molecule has 0 aliphatic rings. The first-order valence-corrected chi connectivity index (χ1v) is 4.79. The van der Waals surface area contributed by atoms with E-state index in [-0.39, 0.29) is 0 Å². The molecule has 0 spiro atoms. The molecule has 0 fully saturated rings. The Bertz CT molecular complexity index is 257. The summed E-state index contributed by atoms with van der Waals surface area (Å²) >= 11 is 4.06. The summed E-state index contributed by atoms with van der Waals surface area (Å²) in [7, 11) is 0. The Hall–Kier alpha value is -0.310. The number of thiophene rings is 1. The van der Waals surface area contributed by atoms with Crippen LogP contribution in [0.15, 0.2) is 17.5 Å². The zero-order valence-corrected chi connectivity index (χ0v) is 8.98. The Balaban J connectivity index is 0.000000223. The van der Waals surface area contributed by atoms with Gasteiger partial charge < -0.3 is 5.11 Å². The predicted octanol–water partition coefficient (Wildman–Crippen LogP) is 2.99. The Labute approximate surface area is 89.5 Å². The molecule has 2 nitrogen and oxygen atoms in total. The van der Waals surface area contributed by atoms with Gasteiger partial charge in [-0.1, -0.05) is 6.07 Å². The van der Waals surface area contributed by atoms with Crippen LogP contribution in [0.4, 0.5) is 13.2 Å². The summed E-state index contributed by atoms with van der Waals surface area (Å²) in [5.74, 6) is -2.76. The zero-order valence-electron chi connectivity index (χ0n) is 6.01. The number of aliphatic carboxylic acids is 1. The number of hydrogen-bond donors (Lipinski definition) is 1. The summed E-state index contributed by atoms with van der Waals surface area (Å²) in [5, 5.41) is 9.20. The summed E-state index contributed by atoms with van der Waals surface area (Å²) in [6, 6.07) is 4.14. The van der Waals surface area contributed by atoms with Gasteiger partial charge in [0.25, 0.3) is 0 Å². The molecule has 7 heteroatoms. The fourth-order valence-electron chi connectivity index (χ4n) is 0.259. The van der Waals surface area contributed by atoms with Gasteiger partial charge in [0, 0.05) is 0 Å². The highest BCUT2D eigenvalue weighted by molar-refractivity contribution is 14.1. The molecule has 1 aromatic rings. The second-order valence-corrected chi connectivity index (χ2v) is 4.56. The molecule has 1 N–H and O–H groups in total. The molecule has 0 aliphatic heterocycles. The van der Waals surface area contributed by atoms with Crippen molar-refractivity contribution in [3.8, 4) is 0 Å². The van der Waals surface area contributed by atoms with Crippen molar-refractivity contribution in [3.05, 3.63) is 20.4 Å². The van der Waals surface area contributed by atoms with Gasteiger partial charge >= 0.3 is 12.1 Å². The number of carbonyl (C=O) groups is 1. The molecule has 0 aromatic carbocycles. The van der Waals surface area contributed by atoms with E-state index in [0.717, 1.165) is 0 Å². The molecule has 0 saturated carbocycles. The van der Waals surface area contributed by atoms with Crippen LogP contribution in [-0.2, 0) is 4.79 Å². The average molecular weight is 324 g/mol. The van der Waals surface area contributed by atoms with Crippen molar-refractivity contribution in [3.63, 3.8) is 0 Å². The molecular weight excluding hydrogens is 320 g/mol. The SMILES string of the molecule is Ic1cccs1.O=C(O)C(F)(F)F. The van der Waals surface area contributed by atoms with E-state index >= 15 is 0 Å². The van der Waals surface area contributed by atoms with E-state index in [0.29, 0.717) is 0 Å². The fourth-order valence-corrected chi connectivity index (χ4v) is 1.35. The molecule has 1 rings (SSSR count). The highest BCUT2D eigenvalue weighted by Gasteiger charge is 2.38. The van der Waals surface area contributed by atoms with Crippen LogP contribution in [0.1, 0.15) is 0 Å². The predicted molar refractivity (Wildman–Crippen MR) is 50.7 cm³/mol. The Kier molecular flexibility index (Phi) is 5.30. The number of alkyl halides is 3. The van der Waals surface area contributed by atoms with Crippen LogP contribution in [0.3, 0.4) is 0 Å². The van der Waals surface area contributed by atoms with Crippen molar-refractivity contribution in [2.24, 2.45) is 0 Å². The van der Waals surface area contributed by atoms with Crippen LogP contribution in [0.5, 0.6) is 0 Å². The van der Waals surface area contributed by atoms with Crippen LogP contribution in [0.2, 0.25) is 0 Å². The molecule has 13 heavy (non-hydrogen) atoms. The van der Waals surface area contributed by atoms with Gasteiger partial charge in [0.2, 0.25) is 0 Å². The average Bonchev–Trinajstić information content (AvgIpc) is 2.38. The number of halogens is 4. The molecule has 0 bridgehead atoms. The summed E-state index contributed by atoms with van der Waals surface area (Å²) in [6.07, 6.45) is -5.08. The maximum absolute atomic E-state index is 10.6. The number of hydrogen-bond acceptors (Lipinski definition) is 2. The lowest BCUT2D eigenvalue weighted by Gasteiger charge is -1.93. The summed E-state index contributed by atoms with van der Waals surface area (Å²) < 4.78 is 33.1. The first kappa shape index (κ1) is 12.7. The van der Waals surface area contributed by atoms with Crippen LogP contribution in [-0.4, -0.2) is 17.3 Å². The molecule has 0 atom stereocenters. The maximum atomic E-state index is 10.6. The third-order valence-electron chi connectivity index (χ3n) is 0.729. The summed E-state index contributed by atoms with van der Waals surface area (Å²) in [4.78, 5) is 8.90. The van der Waals surface area contributed by atoms with E-state index in [1.165, 1.54) is 2.88 Å². The molecule has 0 aliphatic carbocycles. The highest BCUT2D eigenvalue weighted by atomic mass is 127. The van der Waals surface area contributed by atoms with Crippen molar-refractivity contribution >= 4 is 39.9 Å². The van der Waals surface area contributed by atoms with Gasteiger partial charge in [-0.2, -0.15) is 13.2 Å². The van der Waals surface area contributed by atoms with E-state index in [2.05, 4.69) is 34.0 Å². The number of carboxylic acids is 1. The van der Waals surface area contributed by atoms with Crippen LogP contribution in [0, 0.1) is 2.88 Å². The minimum Gasteiger partial charge on any atom is -0.475 e. The van der Waals surface area contributed by atoms with Crippen LogP contribution >= 0.6 is 33.9 Å². The Morgan fingerprint density at radius 3 is 2.08 bits per heavy atom. The lowest BCUT2D eigenvalue weighted by Crippen LogP contribution is -2.21. The second kappa shape index (κ2) is 5.43. The molecule has 1 aromatic heterocycles. The third-order valence-corrected chi connectivity index (χ3v) is 2.51. The van der Waals surface area contributed by atoms with Gasteiger partial charge in [-0.25, -0.2) is 4.79 Å². The highest BCUT2D eigenvalue weighted by Crippen LogP contribution is 2.13. The number of rotatable bonds is 0. The zero-order chi connectivity index (χ0) is 10.5. The Morgan fingerprint density at radius 1 is 1.54 bits per heavy atom. The lowest BCUT2D eigenvalue weighted by molar-refractivity contribution is -0.192. The normalized spacial score (nSPS) is 10.2. The molecule has 0 amide bonds. The van der Waals surface area contributed by atoms with Gasteiger partial charge in [0.05, 0.1) is 2.88 Å². The number of carboxylic acid groups (broad SMARTS) is 1. The van der Waals surface area contributed by atoms with Crippen molar-refractivity contribution in [2.45, 2.75) is 6.18 Å². The van der Waals surface area contributed by atoms with Crippen LogP contribution in [0.25, 0.3) is 0 Å². The summed E-state index contributed by atoms with van der Waals surface area (Å²) in [6.45, 7) is 0. The third kappa shape index (κ3) is 6.82.